The van der Waals surface area contributed by atoms with Crippen molar-refractivity contribution in [2.24, 2.45) is 5.92 Å². The van der Waals surface area contributed by atoms with Gasteiger partial charge < -0.3 is 9.80 Å². The third-order valence-electron chi connectivity index (χ3n) is 6.59. The second-order valence-corrected chi connectivity index (χ2v) is 8.85. The first kappa shape index (κ1) is 23.3. The van der Waals surface area contributed by atoms with Crippen molar-refractivity contribution in [3.63, 3.8) is 0 Å². The minimum absolute atomic E-state index is 0.0716. The molecule has 2 aliphatic heterocycles. The van der Waals surface area contributed by atoms with E-state index in [0.29, 0.717) is 37.4 Å². The SMILES string of the molecule is CC(=O)N1CC=C(c2cncc(N3CCCC(CCc4ccccc4C(F)(F)F)C3)n2)CC1. The predicted octanol–water partition coefficient (Wildman–Crippen LogP) is 4.98. The van der Waals surface area contributed by atoms with E-state index in [1.165, 1.54) is 12.1 Å². The maximum absolute atomic E-state index is 13.3. The molecule has 0 aliphatic carbocycles. The number of halogens is 3. The zero-order valence-electron chi connectivity index (χ0n) is 18.8. The first-order valence-electron chi connectivity index (χ1n) is 11.5. The van der Waals surface area contributed by atoms with E-state index in [1.54, 1.807) is 36.4 Å². The van der Waals surface area contributed by atoms with Gasteiger partial charge in [0.15, 0.2) is 0 Å². The number of amides is 1. The number of anilines is 1. The second-order valence-electron chi connectivity index (χ2n) is 8.85. The minimum atomic E-state index is -4.32. The zero-order chi connectivity index (χ0) is 23.4. The Bertz CT molecular complexity index is 1020. The van der Waals surface area contributed by atoms with Gasteiger partial charge in [0.2, 0.25) is 5.91 Å². The van der Waals surface area contributed by atoms with E-state index in [0.717, 1.165) is 49.4 Å². The van der Waals surface area contributed by atoms with Crippen LogP contribution in [0.5, 0.6) is 0 Å². The summed E-state index contributed by atoms with van der Waals surface area (Å²) in [5.74, 6) is 1.19. The molecular formula is C25H29F3N4O. The average Bonchev–Trinajstić information content (AvgIpc) is 2.83. The average molecular weight is 459 g/mol. The highest BCUT2D eigenvalue weighted by atomic mass is 19.4. The maximum Gasteiger partial charge on any atom is 0.416 e. The van der Waals surface area contributed by atoms with Crippen LogP contribution >= 0.6 is 0 Å². The second kappa shape index (κ2) is 9.93. The highest BCUT2D eigenvalue weighted by molar-refractivity contribution is 5.75. The largest absolute Gasteiger partial charge is 0.416 e. The molecule has 2 aliphatic rings. The molecular weight excluding hydrogens is 429 g/mol. The van der Waals surface area contributed by atoms with E-state index in [9.17, 15) is 18.0 Å². The summed E-state index contributed by atoms with van der Waals surface area (Å²) in [7, 11) is 0. The summed E-state index contributed by atoms with van der Waals surface area (Å²) in [5.41, 5.74) is 1.77. The van der Waals surface area contributed by atoms with E-state index < -0.39 is 11.7 Å². The molecule has 1 aromatic carbocycles. The number of carbonyl (C=O) groups excluding carboxylic acids is 1. The summed E-state index contributed by atoms with van der Waals surface area (Å²) < 4.78 is 39.9. The fourth-order valence-electron chi connectivity index (χ4n) is 4.73. The van der Waals surface area contributed by atoms with Gasteiger partial charge in [-0.05, 0) is 55.2 Å². The Labute approximate surface area is 192 Å². The fourth-order valence-corrected chi connectivity index (χ4v) is 4.73. The number of carbonyl (C=O) groups is 1. The topological polar surface area (TPSA) is 49.3 Å². The van der Waals surface area contributed by atoms with E-state index in [4.69, 9.17) is 4.98 Å². The van der Waals surface area contributed by atoms with E-state index in [-0.39, 0.29) is 5.91 Å². The van der Waals surface area contributed by atoms with Gasteiger partial charge in [-0.2, -0.15) is 13.2 Å². The number of alkyl halides is 3. The first-order chi connectivity index (χ1) is 15.8. The van der Waals surface area contributed by atoms with Crippen molar-refractivity contribution in [2.45, 2.75) is 45.2 Å². The van der Waals surface area contributed by atoms with Gasteiger partial charge in [-0.25, -0.2) is 4.98 Å². The van der Waals surface area contributed by atoms with Gasteiger partial charge in [-0.1, -0.05) is 24.3 Å². The molecule has 1 unspecified atom stereocenters. The lowest BCUT2D eigenvalue weighted by Crippen LogP contribution is -2.36. The molecule has 1 atom stereocenters. The van der Waals surface area contributed by atoms with Crippen LogP contribution in [0.25, 0.3) is 5.57 Å². The van der Waals surface area contributed by atoms with Crippen molar-refractivity contribution in [2.75, 3.05) is 31.1 Å². The summed E-state index contributed by atoms with van der Waals surface area (Å²) in [6.45, 7) is 4.47. The van der Waals surface area contributed by atoms with Crippen molar-refractivity contribution in [3.05, 3.63) is 59.6 Å². The van der Waals surface area contributed by atoms with Crippen LogP contribution in [0.4, 0.5) is 19.0 Å². The van der Waals surface area contributed by atoms with Gasteiger partial charge in [0, 0.05) is 33.1 Å². The van der Waals surface area contributed by atoms with Gasteiger partial charge in [0.25, 0.3) is 0 Å². The summed E-state index contributed by atoms with van der Waals surface area (Å²) in [4.78, 5) is 24.8. The van der Waals surface area contributed by atoms with Crippen LogP contribution in [-0.2, 0) is 17.4 Å². The lowest BCUT2D eigenvalue weighted by atomic mass is 9.90. The molecule has 1 saturated heterocycles. The Morgan fingerprint density at radius 3 is 2.73 bits per heavy atom. The van der Waals surface area contributed by atoms with Crippen LogP contribution in [-0.4, -0.2) is 47.0 Å². The van der Waals surface area contributed by atoms with Crippen molar-refractivity contribution in [3.8, 4) is 0 Å². The van der Waals surface area contributed by atoms with Crippen molar-refractivity contribution in [1.82, 2.24) is 14.9 Å². The summed E-state index contributed by atoms with van der Waals surface area (Å²) >= 11 is 0. The molecule has 0 radical (unpaired) electrons. The Hall–Kier alpha value is -2.90. The number of benzene rings is 1. The molecule has 5 nitrogen and oxygen atoms in total. The van der Waals surface area contributed by atoms with E-state index in [1.807, 2.05) is 6.08 Å². The van der Waals surface area contributed by atoms with Crippen LogP contribution in [0.3, 0.4) is 0 Å². The number of piperidine rings is 1. The standard InChI is InChI=1S/C25H29F3N4O/c1-18(33)31-13-10-21(11-14-31)23-15-29-16-24(30-23)32-12-4-5-19(17-32)8-9-20-6-2-3-7-22(20)25(26,27)28/h2-3,6-7,10,15-16,19H,4-5,8-9,11-14,17H2,1H3. The molecule has 33 heavy (non-hydrogen) atoms. The summed E-state index contributed by atoms with van der Waals surface area (Å²) in [5, 5.41) is 0. The van der Waals surface area contributed by atoms with Gasteiger partial charge >= 0.3 is 6.18 Å². The lowest BCUT2D eigenvalue weighted by Gasteiger charge is -2.34. The zero-order valence-corrected chi connectivity index (χ0v) is 18.8. The van der Waals surface area contributed by atoms with Crippen LogP contribution < -0.4 is 4.90 Å². The highest BCUT2D eigenvalue weighted by Crippen LogP contribution is 2.33. The Kier molecular flexibility index (Phi) is 7.00. The Balaban J connectivity index is 1.41. The quantitative estimate of drug-likeness (QED) is 0.634. The normalized spacial score (nSPS) is 19.4. The molecule has 1 amide bonds. The van der Waals surface area contributed by atoms with Crippen LogP contribution in [0.1, 0.15) is 49.4 Å². The molecule has 0 spiro atoms. The predicted molar refractivity (Wildman–Crippen MR) is 122 cm³/mol. The van der Waals surface area contributed by atoms with Crippen LogP contribution in [0.2, 0.25) is 0 Å². The lowest BCUT2D eigenvalue weighted by molar-refractivity contribution is -0.138. The Morgan fingerprint density at radius 1 is 1.18 bits per heavy atom. The molecule has 0 N–H and O–H groups in total. The van der Waals surface area contributed by atoms with Gasteiger partial charge in [-0.15, -0.1) is 0 Å². The number of aryl methyl sites for hydroxylation is 1. The van der Waals surface area contributed by atoms with Crippen LogP contribution in [0, 0.1) is 5.92 Å². The third kappa shape index (κ3) is 5.72. The number of hydrogen-bond donors (Lipinski definition) is 0. The van der Waals surface area contributed by atoms with Gasteiger partial charge in [0.05, 0.1) is 23.7 Å². The minimum Gasteiger partial charge on any atom is -0.355 e. The summed E-state index contributed by atoms with van der Waals surface area (Å²) in [6, 6.07) is 5.87. The molecule has 1 aromatic heterocycles. The monoisotopic (exact) mass is 458 g/mol. The Morgan fingerprint density at radius 2 is 2.00 bits per heavy atom. The smallest absolute Gasteiger partial charge is 0.355 e. The summed E-state index contributed by atoms with van der Waals surface area (Å²) in [6.07, 6.45) is 5.10. The molecule has 3 heterocycles. The van der Waals surface area contributed by atoms with Crippen molar-refractivity contribution < 1.29 is 18.0 Å². The number of hydrogen-bond acceptors (Lipinski definition) is 4. The molecule has 4 rings (SSSR count). The molecule has 8 heteroatoms. The van der Waals surface area contributed by atoms with Crippen molar-refractivity contribution >= 4 is 17.3 Å². The number of nitrogens with zero attached hydrogens (tertiary/aromatic N) is 4. The molecule has 0 bridgehead atoms. The number of aromatic nitrogens is 2. The third-order valence-corrected chi connectivity index (χ3v) is 6.59. The van der Waals surface area contributed by atoms with E-state index in [2.05, 4.69) is 9.88 Å². The van der Waals surface area contributed by atoms with Crippen molar-refractivity contribution in [1.29, 1.82) is 0 Å². The van der Waals surface area contributed by atoms with Gasteiger partial charge in [0.1, 0.15) is 5.82 Å². The van der Waals surface area contributed by atoms with E-state index >= 15 is 0 Å². The molecule has 2 aromatic rings. The fraction of sp³-hybridized carbons (Fsp3) is 0.480. The number of rotatable bonds is 5. The van der Waals surface area contributed by atoms with Crippen LogP contribution in [0.15, 0.2) is 42.7 Å². The highest BCUT2D eigenvalue weighted by Gasteiger charge is 2.33. The molecule has 176 valence electrons. The molecule has 0 saturated carbocycles. The van der Waals surface area contributed by atoms with Gasteiger partial charge in [-0.3, -0.25) is 9.78 Å². The maximum atomic E-state index is 13.3. The first-order valence-corrected chi connectivity index (χ1v) is 11.5. The molecule has 1 fully saturated rings.